The summed E-state index contributed by atoms with van der Waals surface area (Å²) in [5.74, 6) is -1.98. The molecule has 0 spiro atoms. The van der Waals surface area contributed by atoms with E-state index in [1.165, 1.54) is 25.0 Å². The molecule has 2 aliphatic carbocycles. The highest BCUT2D eigenvalue weighted by Crippen LogP contribution is 2.37. The average molecular weight is 487 g/mol. The Labute approximate surface area is 209 Å². The number of fused-ring (bicyclic) bond motifs is 1. The monoisotopic (exact) mass is 486 g/mol. The molecule has 1 heterocycles. The van der Waals surface area contributed by atoms with Gasteiger partial charge in [0.1, 0.15) is 6.10 Å². The van der Waals surface area contributed by atoms with Crippen LogP contribution in [0, 0.1) is 0 Å². The topological polar surface area (TPSA) is 103 Å². The molecule has 5 atom stereocenters. The first-order valence-electron chi connectivity index (χ1n) is 13.1. The van der Waals surface area contributed by atoms with E-state index < -0.39 is 11.6 Å². The zero-order valence-corrected chi connectivity index (χ0v) is 23.4. The van der Waals surface area contributed by atoms with Crippen molar-refractivity contribution in [2.24, 2.45) is 0 Å². The Kier molecular flexibility index (Phi) is 15.7. The van der Waals surface area contributed by atoms with E-state index >= 15 is 0 Å². The lowest BCUT2D eigenvalue weighted by Crippen LogP contribution is -2.43. The molecular weight excluding hydrogens is 432 g/mol. The third kappa shape index (κ3) is 13.3. The van der Waals surface area contributed by atoms with Crippen LogP contribution in [0.15, 0.2) is 23.3 Å². The summed E-state index contributed by atoms with van der Waals surface area (Å²) in [6.45, 7) is 20.7. The van der Waals surface area contributed by atoms with Crippen molar-refractivity contribution in [2.75, 3.05) is 13.1 Å². The van der Waals surface area contributed by atoms with Gasteiger partial charge in [-0.05, 0) is 85.9 Å². The summed E-state index contributed by atoms with van der Waals surface area (Å²) in [6.07, 6.45) is 8.35. The van der Waals surface area contributed by atoms with Gasteiger partial charge >= 0.3 is 0 Å². The number of ether oxygens (including phenoxy) is 2. The van der Waals surface area contributed by atoms with E-state index in [9.17, 15) is 5.11 Å². The quantitative estimate of drug-likeness (QED) is 0.219. The second-order valence-electron chi connectivity index (χ2n) is 9.75. The smallest absolute Gasteiger partial charge is 0.164 e. The van der Waals surface area contributed by atoms with Gasteiger partial charge in [-0.2, -0.15) is 0 Å². The molecular formula is C27H54N2O5. The van der Waals surface area contributed by atoms with Gasteiger partial charge in [0.15, 0.2) is 11.6 Å². The van der Waals surface area contributed by atoms with Crippen molar-refractivity contribution in [1.82, 2.24) is 10.6 Å². The first-order valence-corrected chi connectivity index (χ1v) is 13.1. The van der Waals surface area contributed by atoms with Crippen LogP contribution in [0.25, 0.3) is 0 Å². The number of rotatable bonds is 6. The molecule has 0 bridgehead atoms. The molecule has 1 aliphatic heterocycles. The number of aliphatic hydroxyl groups is 3. The van der Waals surface area contributed by atoms with Crippen molar-refractivity contribution in [3.05, 3.63) is 23.3 Å². The zero-order valence-electron chi connectivity index (χ0n) is 23.4. The molecule has 0 radical (unpaired) electrons. The summed E-state index contributed by atoms with van der Waals surface area (Å²) < 4.78 is 12.0. The van der Waals surface area contributed by atoms with E-state index in [1.54, 1.807) is 0 Å². The second-order valence-corrected chi connectivity index (χ2v) is 9.75. The van der Waals surface area contributed by atoms with E-state index in [0.717, 1.165) is 38.8 Å². The third-order valence-corrected chi connectivity index (χ3v) is 5.44. The number of nitrogens with one attached hydrogen (secondary N) is 2. The first-order chi connectivity index (χ1) is 15.8. The molecule has 0 aromatic heterocycles. The van der Waals surface area contributed by atoms with E-state index in [2.05, 4.69) is 36.6 Å². The van der Waals surface area contributed by atoms with Gasteiger partial charge in [0.05, 0.1) is 18.2 Å². The van der Waals surface area contributed by atoms with Crippen LogP contribution in [-0.2, 0) is 9.47 Å². The molecule has 0 aromatic carbocycles. The normalized spacial score (nSPS) is 29.6. The van der Waals surface area contributed by atoms with E-state index in [1.807, 2.05) is 41.5 Å². The Hall–Kier alpha value is -0.800. The first kappa shape index (κ1) is 33.2. The van der Waals surface area contributed by atoms with Crippen LogP contribution >= 0.6 is 0 Å². The highest BCUT2D eigenvalue weighted by Gasteiger charge is 2.44. The number of allylic oxidation sites excluding steroid dienone is 1. The SMILES string of the molecule is CC.CC.CC(C)(O)O.CC1=C[C@H](NCCCNC2C=C(C)C3OC(C)(C)OC3C2)C(O)CC1. The second kappa shape index (κ2) is 16.0. The number of hydrogen-bond acceptors (Lipinski definition) is 7. The van der Waals surface area contributed by atoms with Gasteiger partial charge < -0.3 is 35.4 Å². The van der Waals surface area contributed by atoms with E-state index in [4.69, 9.17) is 19.7 Å². The molecule has 3 rings (SSSR count). The third-order valence-electron chi connectivity index (χ3n) is 5.44. The minimum absolute atomic E-state index is 0.109. The zero-order chi connectivity index (χ0) is 26.5. The largest absolute Gasteiger partial charge is 0.391 e. The Bertz CT molecular complexity index is 607. The summed E-state index contributed by atoms with van der Waals surface area (Å²) >= 11 is 0. The van der Waals surface area contributed by atoms with Gasteiger partial charge in [0.2, 0.25) is 0 Å². The van der Waals surface area contributed by atoms with Crippen LogP contribution < -0.4 is 10.6 Å². The maximum atomic E-state index is 10.0. The van der Waals surface area contributed by atoms with Crippen molar-refractivity contribution in [3.63, 3.8) is 0 Å². The maximum Gasteiger partial charge on any atom is 0.164 e. The van der Waals surface area contributed by atoms with Crippen LogP contribution in [0.5, 0.6) is 0 Å². The predicted octanol–water partition coefficient (Wildman–Crippen LogP) is 4.02. The summed E-state index contributed by atoms with van der Waals surface area (Å²) in [5.41, 5.74) is 2.64. The molecule has 34 heavy (non-hydrogen) atoms. The van der Waals surface area contributed by atoms with Gasteiger partial charge in [0, 0.05) is 6.04 Å². The van der Waals surface area contributed by atoms with E-state index in [-0.39, 0.29) is 24.4 Å². The summed E-state index contributed by atoms with van der Waals surface area (Å²) in [7, 11) is 0. The maximum absolute atomic E-state index is 10.0. The molecule has 0 saturated carbocycles. The van der Waals surface area contributed by atoms with Crippen LogP contribution in [0.3, 0.4) is 0 Å². The van der Waals surface area contributed by atoms with Gasteiger partial charge in [-0.1, -0.05) is 45.4 Å². The highest BCUT2D eigenvalue weighted by atomic mass is 16.8. The molecule has 7 heteroatoms. The Morgan fingerprint density at radius 2 is 1.56 bits per heavy atom. The van der Waals surface area contributed by atoms with Crippen molar-refractivity contribution < 1.29 is 24.8 Å². The minimum atomic E-state index is -1.50. The fraction of sp³-hybridized carbons (Fsp3) is 0.852. The summed E-state index contributed by atoms with van der Waals surface area (Å²) in [6, 6.07) is 0.457. The van der Waals surface area contributed by atoms with Crippen LogP contribution in [0.1, 0.15) is 94.9 Å². The van der Waals surface area contributed by atoms with Crippen molar-refractivity contribution >= 4 is 0 Å². The van der Waals surface area contributed by atoms with Crippen molar-refractivity contribution in [3.8, 4) is 0 Å². The minimum Gasteiger partial charge on any atom is -0.391 e. The Morgan fingerprint density at radius 3 is 2.15 bits per heavy atom. The van der Waals surface area contributed by atoms with Crippen molar-refractivity contribution in [2.45, 2.75) is 137 Å². The lowest BCUT2D eigenvalue weighted by atomic mass is 9.91. The fourth-order valence-corrected chi connectivity index (χ4v) is 4.16. The fourth-order valence-electron chi connectivity index (χ4n) is 4.16. The van der Waals surface area contributed by atoms with Crippen LogP contribution in [-0.4, -0.2) is 70.4 Å². The lowest BCUT2D eigenvalue weighted by Gasteiger charge is -2.29. The highest BCUT2D eigenvalue weighted by molar-refractivity contribution is 5.19. The molecule has 0 aromatic rings. The molecule has 1 saturated heterocycles. The molecule has 7 nitrogen and oxygen atoms in total. The van der Waals surface area contributed by atoms with Crippen molar-refractivity contribution in [1.29, 1.82) is 0 Å². The van der Waals surface area contributed by atoms with Gasteiger partial charge in [-0.3, -0.25) is 0 Å². The van der Waals surface area contributed by atoms with Gasteiger partial charge in [-0.15, -0.1) is 0 Å². The summed E-state index contributed by atoms with van der Waals surface area (Å²) in [5, 5.41) is 33.3. The van der Waals surface area contributed by atoms with E-state index in [0.29, 0.717) is 6.04 Å². The lowest BCUT2D eigenvalue weighted by molar-refractivity contribution is -0.143. The molecule has 5 N–H and O–H groups in total. The summed E-state index contributed by atoms with van der Waals surface area (Å²) in [4.78, 5) is 0. The van der Waals surface area contributed by atoms with Gasteiger partial charge in [0.25, 0.3) is 0 Å². The number of hydrogen-bond donors (Lipinski definition) is 5. The predicted molar refractivity (Wildman–Crippen MR) is 141 cm³/mol. The Balaban J connectivity index is 0.00000106. The van der Waals surface area contributed by atoms with Crippen LogP contribution in [0.4, 0.5) is 0 Å². The molecule has 202 valence electrons. The van der Waals surface area contributed by atoms with Gasteiger partial charge in [-0.25, -0.2) is 0 Å². The molecule has 0 amide bonds. The molecule has 4 unspecified atom stereocenters. The number of aliphatic hydroxyl groups excluding tert-OH is 1. The standard InChI is InChI=1S/C20H34N2O3.C3H8O2.2C2H6/c1-13-6-7-17(23)16(10-13)22-9-5-8-21-15-11-14(2)19-18(12-15)24-20(3,4)25-19;1-3(2,4)5;2*1-2/h10-11,15-19,21-23H,5-9,12H2,1-4H3;4-5H,1-2H3;2*1-2H3/t15?,16-,17?,18?,19?;;;/m0.../s1. The molecule has 3 aliphatic rings. The molecule has 1 fully saturated rings. The van der Waals surface area contributed by atoms with Crippen LogP contribution in [0.2, 0.25) is 0 Å². The average Bonchev–Trinajstić information content (AvgIpc) is 3.06. The Morgan fingerprint density at radius 1 is 1.00 bits per heavy atom.